The molecule has 1 aromatic heterocycles. The number of nitrogens with one attached hydrogen (secondary N) is 1. The fourth-order valence-corrected chi connectivity index (χ4v) is 2.66. The van der Waals surface area contributed by atoms with Crippen LogP contribution >= 0.6 is 11.8 Å². The molecule has 1 aliphatic rings. The Kier molecular flexibility index (Phi) is 5.54. The molecule has 0 bridgehead atoms. The molecule has 1 amide bonds. The summed E-state index contributed by atoms with van der Waals surface area (Å²) < 4.78 is 1.77. The molecule has 1 unspecified atom stereocenters. The third-order valence-corrected chi connectivity index (χ3v) is 4.06. The highest BCUT2D eigenvalue weighted by molar-refractivity contribution is 7.99. The van der Waals surface area contributed by atoms with Gasteiger partial charge in [0.2, 0.25) is 11.1 Å². The Morgan fingerprint density at radius 1 is 1.52 bits per heavy atom. The van der Waals surface area contributed by atoms with Crippen LogP contribution in [0.5, 0.6) is 0 Å². The number of aliphatic carboxylic acids is 1. The van der Waals surface area contributed by atoms with Crippen molar-refractivity contribution in [1.82, 2.24) is 25.5 Å². The summed E-state index contributed by atoms with van der Waals surface area (Å²) in [5.41, 5.74) is 0. The lowest BCUT2D eigenvalue weighted by molar-refractivity contribution is -0.137. The zero-order valence-corrected chi connectivity index (χ0v) is 12.7. The minimum atomic E-state index is -0.809. The van der Waals surface area contributed by atoms with Gasteiger partial charge in [0.05, 0.1) is 11.8 Å². The van der Waals surface area contributed by atoms with Crippen molar-refractivity contribution in [3.05, 3.63) is 0 Å². The fourth-order valence-electron chi connectivity index (χ4n) is 1.91. The maximum atomic E-state index is 11.8. The van der Waals surface area contributed by atoms with E-state index < -0.39 is 5.97 Å². The number of thioether (sulfide) groups is 1. The highest BCUT2D eigenvalue weighted by atomic mass is 32.2. The maximum absolute atomic E-state index is 11.8. The average molecular weight is 313 g/mol. The number of tetrazole rings is 1. The summed E-state index contributed by atoms with van der Waals surface area (Å²) in [4.78, 5) is 22.2. The van der Waals surface area contributed by atoms with Gasteiger partial charge in [-0.2, -0.15) is 0 Å². The van der Waals surface area contributed by atoms with Gasteiger partial charge in [-0.25, -0.2) is 4.68 Å². The third-order valence-electron chi connectivity index (χ3n) is 3.12. The van der Waals surface area contributed by atoms with Gasteiger partial charge in [-0.1, -0.05) is 11.8 Å². The van der Waals surface area contributed by atoms with Crippen LogP contribution in [0.1, 0.15) is 45.1 Å². The van der Waals surface area contributed by atoms with Crippen LogP contribution in [0.3, 0.4) is 0 Å². The van der Waals surface area contributed by atoms with Gasteiger partial charge >= 0.3 is 5.97 Å². The third kappa shape index (κ3) is 5.33. The molecule has 0 saturated heterocycles. The SMILES string of the molecule is CC(CCCC(=O)O)NC(=O)CSc1nnnn1C1CC1. The number of carboxylic acids is 1. The highest BCUT2D eigenvalue weighted by Crippen LogP contribution is 2.36. The Morgan fingerprint density at radius 3 is 2.95 bits per heavy atom. The Hall–Kier alpha value is -1.64. The number of aromatic nitrogens is 4. The topological polar surface area (TPSA) is 110 Å². The molecule has 116 valence electrons. The first kappa shape index (κ1) is 15.7. The van der Waals surface area contributed by atoms with Crippen molar-refractivity contribution in [3.8, 4) is 0 Å². The lowest BCUT2D eigenvalue weighted by atomic mass is 10.1. The van der Waals surface area contributed by atoms with Crippen LogP contribution < -0.4 is 5.32 Å². The Balaban J connectivity index is 1.67. The van der Waals surface area contributed by atoms with Crippen molar-refractivity contribution >= 4 is 23.6 Å². The van der Waals surface area contributed by atoms with E-state index >= 15 is 0 Å². The van der Waals surface area contributed by atoms with Crippen molar-refractivity contribution in [2.45, 2.75) is 56.3 Å². The quantitative estimate of drug-likeness (QED) is 0.650. The number of rotatable bonds is 9. The van der Waals surface area contributed by atoms with Gasteiger partial charge < -0.3 is 10.4 Å². The van der Waals surface area contributed by atoms with Crippen LogP contribution in [-0.4, -0.2) is 49.0 Å². The summed E-state index contributed by atoms with van der Waals surface area (Å²) >= 11 is 1.32. The van der Waals surface area contributed by atoms with Crippen LogP contribution in [0.15, 0.2) is 5.16 Å². The predicted molar refractivity (Wildman–Crippen MR) is 75.9 cm³/mol. The van der Waals surface area contributed by atoms with Gasteiger partial charge in [-0.3, -0.25) is 9.59 Å². The van der Waals surface area contributed by atoms with Crippen LogP contribution in [0, 0.1) is 0 Å². The second kappa shape index (κ2) is 7.39. The van der Waals surface area contributed by atoms with Gasteiger partial charge in [0, 0.05) is 12.5 Å². The maximum Gasteiger partial charge on any atom is 0.303 e. The molecule has 1 aliphatic carbocycles. The Morgan fingerprint density at radius 2 is 2.29 bits per heavy atom. The summed E-state index contributed by atoms with van der Waals surface area (Å²) in [6.45, 7) is 1.87. The van der Waals surface area contributed by atoms with Crippen molar-refractivity contribution < 1.29 is 14.7 Å². The van der Waals surface area contributed by atoms with Crippen LogP contribution in [0.4, 0.5) is 0 Å². The molecule has 2 N–H and O–H groups in total. The van der Waals surface area contributed by atoms with E-state index in [1.807, 2.05) is 6.92 Å². The van der Waals surface area contributed by atoms with Gasteiger partial charge in [0.15, 0.2) is 0 Å². The number of nitrogens with zero attached hydrogens (tertiary/aromatic N) is 4. The molecule has 2 rings (SSSR count). The minimum Gasteiger partial charge on any atom is -0.481 e. The summed E-state index contributed by atoms with van der Waals surface area (Å²) in [5.74, 6) is -0.639. The van der Waals surface area contributed by atoms with Gasteiger partial charge in [0.1, 0.15) is 0 Å². The van der Waals surface area contributed by atoms with Crippen LogP contribution in [0.2, 0.25) is 0 Å². The molecule has 0 spiro atoms. The molecule has 0 radical (unpaired) electrons. The number of carbonyl (C=O) groups excluding carboxylic acids is 1. The zero-order valence-electron chi connectivity index (χ0n) is 11.9. The molecule has 1 fully saturated rings. The van der Waals surface area contributed by atoms with Crippen LogP contribution in [0.25, 0.3) is 0 Å². The van der Waals surface area contributed by atoms with E-state index in [0.29, 0.717) is 24.0 Å². The molecule has 0 aromatic carbocycles. The van der Waals surface area contributed by atoms with E-state index in [9.17, 15) is 9.59 Å². The van der Waals surface area contributed by atoms with Crippen molar-refractivity contribution in [2.75, 3.05) is 5.75 Å². The zero-order chi connectivity index (χ0) is 15.2. The average Bonchev–Trinajstić information content (AvgIpc) is 3.15. The number of carboxylic acid groups (broad SMARTS) is 1. The molecule has 9 heteroatoms. The normalized spacial score (nSPS) is 15.7. The van der Waals surface area contributed by atoms with Gasteiger partial charge in [-0.05, 0) is 43.0 Å². The number of hydrogen-bond donors (Lipinski definition) is 2. The molecule has 21 heavy (non-hydrogen) atoms. The molecule has 1 heterocycles. The van der Waals surface area contributed by atoms with E-state index in [1.165, 1.54) is 11.8 Å². The van der Waals surface area contributed by atoms with E-state index in [0.717, 1.165) is 12.8 Å². The standard InChI is InChI=1S/C12H19N5O3S/c1-8(3-2-4-11(19)20)13-10(18)7-21-12-14-15-16-17(12)9-5-6-9/h8-9H,2-7H2,1H3,(H,13,18)(H,19,20). The van der Waals surface area contributed by atoms with Crippen molar-refractivity contribution in [3.63, 3.8) is 0 Å². The number of carbonyl (C=O) groups is 2. The monoisotopic (exact) mass is 313 g/mol. The first-order valence-electron chi connectivity index (χ1n) is 6.98. The van der Waals surface area contributed by atoms with Crippen molar-refractivity contribution in [2.24, 2.45) is 0 Å². The van der Waals surface area contributed by atoms with E-state index in [4.69, 9.17) is 5.11 Å². The molecule has 0 aliphatic heterocycles. The van der Waals surface area contributed by atoms with Crippen molar-refractivity contribution in [1.29, 1.82) is 0 Å². The predicted octanol–water partition coefficient (Wildman–Crippen LogP) is 0.860. The molecule has 1 aromatic rings. The largest absolute Gasteiger partial charge is 0.481 e. The second-order valence-electron chi connectivity index (χ2n) is 5.18. The summed E-state index contributed by atoms with van der Waals surface area (Å²) in [5, 5.41) is 23.6. The van der Waals surface area contributed by atoms with E-state index in [2.05, 4.69) is 20.8 Å². The molecule has 1 atom stereocenters. The minimum absolute atomic E-state index is 0.0307. The van der Waals surface area contributed by atoms with Crippen LogP contribution in [-0.2, 0) is 9.59 Å². The Labute approximate surface area is 126 Å². The lowest BCUT2D eigenvalue weighted by Gasteiger charge is -2.12. The summed E-state index contributed by atoms with van der Waals surface area (Å²) in [6, 6.07) is 0.359. The summed E-state index contributed by atoms with van der Waals surface area (Å²) in [7, 11) is 0. The van der Waals surface area contributed by atoms with E-state index in [1.54, 1.807) is 4.68 Å². The lowest BCUT2D eigenvalue weighted by Crippen LogP contribution is -2.33. The van der Waals surface area contributed by atoms with Gasteiger partial charge in [-0.15, -0.1) is 5.10 Å². The Bertz CT molecular complexity index is 503. The number of amides is 1. The summed E-state index contributed by atoms with van der Waals surface area (Å²) in [6.07, 6.45) is 3.52. The number of hydrogen-bond acceptors (Lipinski definition) is 6. The molecular weight excluding hydrogens is 294 g/mol. The molecule has 8 nitrogen and oxygen atoms in total. The van der Waals surface area contributed by atoms with E-state index in [-0.39, 0.29) is 24.1 Å². The smallest absolute Gasteiger partial charge is 0.303 e. The molecule has 1 saturated carbocycles. The van der Waals surface area contributed by atoms with Gasteiger partial charge in [0.25, 0.3) is 0 Å². The molecular formula is C12H19N5O3S. The first-order chi connectivity index (χ1) is 10.1. The highest BCUT2D eigenvalue weighted by Gasteiger charge is 2.28. The second-order valence-corrected chi connectivity index (χ2v) is 6.12. The fraction of sp³-hybridized carbons (Fsp3) is 0.750. The first-order valence-corrected chi connectivity index (χ1v) is 7.96.